The molecule has 1 N–H and O–H groups in total. The van der Waals surface area contributed by atoms with Crippen LogP contribution in [0.1, 0.15) is 45.4 Å². The molecule has 0 spiro atoms. The second kappa shape index (κ2) is 3.35. The van der Waals surface area contributed by atoms with Crippen LogP contribution in [-0.4, -0.2) is 10.7 Å². The maximum absolute atomic E-state index is 10.4. The van der Waals surface area contributed by atoms with Crippen molar-refractivity contribution in [3.05, 3.63) is 12.2 Å². The summed E-state index contributed by atoms with van der Waals surface area (Å²) in [6.07, 6.45) is 5.44. The van der Waals surface area contributed by atoms with Crippen LogP contribution in [0, 0.1) is 22.7 Å². The molecular weight excluding hydrogens is 186 g/mol. The van der Waals surface area contributed by atoms with Crippen LogP contribution >= 0.6 is 0 Å². The minimum Gasteiger partial charge on any atom is -0.390 e. The Kier molecular flexibility index (Phi) is 2.39. The van der Waals surface area contributed by atoms with Crippen molar-refractivity contribution >= 4 is 0 Å². The second-order valence-electron chi connectivity index (χ2n) is 5.50. The average molecular weight is 205 g/mol. The van der Waals surface area contributed by atoms with E-state index in [9.17, 15) is 10.4 Å². The quantitative estimate of drug-likeness (QED) is 0.618. The summed E-state index contributed by atoms with van der Waals surface area (Å²) in [5.74, 6) is 0.147. The maximum atomic E-state index is 10.4. The minimum atomic E-state index is -0.644. The predicted molar refractivity (Wildman–Crippen MR) is 59.0 cm³/mol. The number of fused-ring (bicyclic) bond motifs is 1. The molecule has 0 heterocycles. The van der Waals surface area contributed by atoms with Crippen molar-refractivity contribution in [1.29, 1.82) is 5.26 Å². The summed E-state index contributed by atoms with van der Waals surface area (Å²) in [4.78, 5) is 0. The Morgan fingerprint density at radius 2 is 2.27 bits per heavy atom. The van der Waals surface area contributed by atoms with E-state index >= 15 is 0 Å². The van der Waals surface area contributed by atoms with Gasteiger partial charge in [0, 0.05) is 5.92 Å². The van der Waals surface area contributed by atoms with Gasteiger partial charge in [-0.05, 0) is 45.4 Å². The van der Waals surface area contributed by atoms with Crippen molar-refractivity contribution < 1.29 is 5.11 Å². The lowest BCUT2D eigenvalue weighted by atomic mass is 9.54. The number of allylic oxidation sites excluding steroid dienone is 1. The molecule has 2 aliphatic carbocycles. The molecule has 2 aliphatic rings. The van der Waals surface area contributed by atoms with Gasteiger partial charge in [-0.3, -0.25) is 0 Å². The van der Waals surface area contributed by atoms with Crippen LogP contribution in [0.25, 0.3) is 0 Å². The van der Waals surface area contributed by atoms with Gasteiger partial charge >= 0.3 is 0 Å². The summed E-state index contributed by atoms with van der Waals surface area (Å²) >= 11 is 0. The van der Waals surface area contributed by atoms with Crippen LogP contribution in [0.15, 0.2) is 12.2 Å². The molecule has 2 heteroatoms. The zero-order valence-electron chi connectivity index (χ0n) is 9.42. The molecule has 3 unspecified atom stereocenters. The molecule has 2 rings (SSSR count). The molecule has 2 fully saturated rings. The normalized spacial score (nSPS) is 45.7. The number of hydrogen-bond donors (Lipinski definition) is 1. The van der Waals surface area contributed by atoms with Gasteiger partial charge in [0.05, 0.1) is 17.1 Å². The maximum Gasteiger partial charge on any atom is 0.0697 e. The molecule has 0 amide bonds. The number of aliphatic hydroxyl groups is 1. The standard InChI is InChI=1S/C13H19NO/c1-10-4-5-11-12(2,15)6-3-7-13(11,8-10)9-14/h11,15H,1,3-8H2,2H3. The van der Waals surface area contributed by atoms with Crippen LogP contribution < -0.4 is 0 Å². The lowest BCUT2D eigenvalue weighted by molar-refractivity contribution is -0.0914. The zero-order valence-corrected chi connectivity index (χ0v) is 9.42. The van der Waals surface area contributed by atoms with Gasteiger partial charge in [0.25, 0.3) is 0 Å². The third kappa shape index (κ3) is 1.59. The van der Waals surface area contributed by atoms with Crippen molar-refractivity contribution in [1.82, 2.24) is 0 Å². The van der Waals surface area contributed by atoms with Crippen molar-refractivity contribution in [2.75, 3.05) is 0 Å². The first-order valence-corrected chi connectivity index (χ1v) is 5.80. The number of hydrogen-bond acceptors (Lipinski definition) is 2. The average Bonchev–Trinajstić information content (AvgIpc) is 2.16. The van der Waals surface area contributed by atoms with Gasteiger partial charge < -0.3 is 5.11 Å². The van der Waals surface area contributed by atoms with Gasteiger partial charge in [-0.25, -0.2) is 0 Å². The van der Waals surface area contributed by atoms with E-state index in [0.717, 1.165) is 38.5 Å². The largest absolute Gasteiger partial charge is 0.390 e. The van der Waals surface area contributed by atoms with Gasteiger partial charge in [0.2, 0.25) is 0 Å². The van der Waals surface area contributed by atoms with Crippen LogP contribution in [-0.2, 0) is 0 Å². The van der Waals surface area contributed by atoms with Gasteiger partial charge in [-0.15, -0.1) is 0 Å². The molecule has 0 radical (unpaired) electrons. The zero-order chi connectivity index (χ0) is 11.1. The van der Waals surface area contributed by atoms with Gasteiger partial charge in [0.15, 0.2) is 0 Å². The Hall–Kier alpha value is -0.810. The van der Waals surface area contributed by atoms with Gasteiger partial charge in [-0.2, -0.15) is 5.26 Å². The summed E-state index contributed by atoms with van der Waals surface area (Å²) in [6, 6.07) is 2.48. The second-order valence-corrected chi connectivity index (χ2v) is 5.50. The highest BCUT2D eigenvalue weighted by Crippen LogP contribution is 2.54. The fraction of sp³-hybridized carbons (Fsp3) is 0.769. The summed E-state index contributed by atoms with van der Waals surface area (Å²) in [5.41, 5.74) is 0.219. The molecule has 2 saturated carbocycles. The fourth-order valence-corrected chi connectivity index (χ4v) is 3.56. The molecule has 0 bridgehead atoms. The lowest BCUT2D eigenvalue weighted by Crippen LogP contribution is -2.50. The van der Waals surface area contributed by atoms with E-state index < -0.39 is 5.60 Å². The molecule has 3 atom stereocenters. The predicted octanol–water partition coefficient (Wildman–Crippen LogP) is 2.79. The summed E-state index contributed by atoms with van der Waals surface area (Å²) < 4.78 is 0. The molecular formula is C13H19NO. The van der Waals surface area contributed by atoms with Crippen molar-refractivity contribution in [3.63, 3.8) is 0 Å². The molecule has 0 aromatic rings. The Labute approximate surface area is 91.6 Å². The third-order valence-corrected chi connectivity index (χ3v) is 4.30. The summed E-state index contributed by atoms with van der Waals surface area (Å²) in [5, 5.41) is 19.8. The van der Waals surface area contributed by atoms with E-state index in [-0.39, 0.29) is 11.3 Å². The van der Waals surface area contributed by atoms with Gasteiger partial charge in [0.1, 0.15) is 0 Å². The van der Waals surface area contributed by atoms with Gasteiger partial charge in [-0.1, -0.05) is 12.2 Å². The van der Waals surface area contributed by atoms with E-state index in [4.69, 9.17) is 0 Å². The van der Waals surface area contributed by atoms with E-state index in [1.54, 1.807) is 0 Å². The van der Waals surface area contributed by atoms with Crippen molar-refractivity contribution in [3.8, 4) is 6.07 Å². The Balaban J connectivity index is 2.35. The molecule has 2 nitrogen and oxygen atoms in total. The van der Waals surface area contributed by atoms with E-state index in [1.165, 1.54) is 5.57 Å². The first-order chi connectivity index (χ1) is 7.00. The van der Waals surface area contributed by atoms with E-state index in [1.807, 2.05) is 6.92 Å². The molecule has 0 aromatic heterocycles. The first kappa shape index (κ1) is 10.7. The molecule has 82 valence electrons. The minimum absolute atomic E-state index is 0.147. The molecule has 0 aliphatic heterocycles. The topological polar surface area (TPSA) is 44.0 Å². The summed E-state index contributed by atoms with van der Waals surface area (Å²) in [6.45, 7) is 5.91. The highest BCUT2D eigenvalue weighted by Gasteiger charge is 2.52. The van der Waals surface area contributed by atoms with E-state index in [2.05, 4.69) is 12.6 Å². The summed E-state index contributed by atoms with van der Waals surface area (Å²) in [7, 11) is 0. The Morgan fingerprint density at radius 1 is 1.53 bits per heavy atom. The smallest absolute Gasteiger partial charge is 0.0697 e. The number of nitrogens with zero attached hydrogens (tertiary/aromatic N) is 1. The Morgan fingerprint density at radius 3 is 2.93 bits per heavy atom. The van der Waals surface area contributed by atoms with Crippen molar-refractivity contribution in [2.24, 2.45) is 11.3 Å². The van der Waals surface area contributed by atoms with Crippen LogP contribution in [0.3, 0.4) is 0 Å². The molecule has 0 aromatic carbocycles. The monoisotopic (exact) mass is 205 g/mol. The van der Waals surface area contributed by atoms with Crippen LogP contribution in [0.5, 0.6) is 0 Å². The van der Waals surface area contributed by atoms with E-state index in [0.29, 0.717) is 0 Å². The SMILES string of the molecule is C=C1CCC2C(C)(O)CCCC2(C#N)C1. The Bertz CT molecular complexity index is 326. The fourth-order valence-electron chi connectivity index (χ4n) is 3.56. The number of nitriles is 1. The first-order valence-electron chi connectivity index (χ1n) is 5.80. The molecule has 15 heavy (non-hydrogen) atoms. The van der Waals surface area contributed by atoms with Crippen LogP contribution in [0.2, 0.25) is 0 Å². The highest BCUT2D eigenvalue weighted by molar-refractivity contribution is 5.19. The van der Waals surface area contributed by atoms with Crippen molar-refractivity contribution in [2.45, 2.75) is 51.0 Å². The van der Waals surface area contributed by atoms with Crippen LogP contribution in [0.4, 0.5) is 0 Å². The number of rotatable bonds is 0. The highest BCUT2D eigenvalue weighted by atomic mass is 16.3. The lowest BCUT2D eigenvalue weighted by Gasteiger charge is -2.50. The third-order valence-electron chi connectivity index (χ3n) is 4.30. The molecule has 0 saturated heterocycles.